The Morgan fingerprint density at radius 2 is 1.85 bits per heavy atom. The summed E-state index contributed by atoms with van der Waals surface area (Å²) in [6, 6.07) is 13.7. The Labute approximate surface area is 120 Å². The van der Waals surface area contributed by atoms with Crippen molar-refractivity contribution in [3.05, 3.63) is 48.0 Å². The highest BCUT2D eigenvalue weighted by atomic mass is 16.1. The lowest BCUT2D eigenvalue weighted by molar-refractivity contribution is 0.0935. The first-order chi connectivity index (χ1) is 9.61. The molecule has 0 aliphatic heterocycles. The summed E-state index contributed by atoms with van der Waals surface area (Å²) in [4.78, 5) is 12.4. The zero-order valence-corrected chi connectivity index (χ0v) is 12.1. The summed E-state index contributed by atoms with van der Waals surface area (Å²) < 4.78 is 0. The van der Waals surface area contributed by atoms with Gasteiger partial charge in [0.1, 0.15) is 0 Å². The van der Waals surface area contributed by atoms with Gasteiger partial charge in [0.15, 0.2) is 0 Å². The summed E-state index contributed by atoms with van der Waals surface area (Å²) in [5.74, 6) is 0.467. The van der Waals surface area contributed by atoms with Crippen LogP contribution in [0, 0.1) is 5.92 Å². The second-order valence-corrected chi connectivity index (χ2v) is 5.56. The third kappa shape index (κ3) is 3.36. The Hall–Kier alpha value is -1.87. The molecular weight excluding hydrogens is 248 g/mol. The van der Waals surface area contributed by atoms with Crippen molar-refractivity contribution in [3.8, 4) is 0 Å². The number of amides is 1. The lowest BCUT2D eigenvalue weighted by Gasteiger charge is -2.19. The minimum Gasteiger partial charge on any atom is -0.348 e. The van der Waals surface area contributed by atoms with Gasteiger partial charge in [-0.1, -0.05) is 50.2 Å². The van der Waals surface area contributed by atoms with Gasteiger partial charge in [0, 0.05) is 18.2 Å². The van der Waals surface area contributed by atoms with E-state index in [0.29, 0.717) is 18.0 Å². The van der Waals surface area contributed by atoms with Crippen molar-refractivity contribution in [1.29, 1.82) is 0 Å². The van der Waals surface area contributed by atoms with Crippen LogP contribution in [0.15, 0.2) is 42.5 Å². The topological polar surface area (TPSA) is 55.1 Å². The van der Waals surface area contributed by atoms with E-state index in [1.807, 2.05) is 42.5 Å². The molecule has 2 aromatic carbocycles. The van der Waals surface area contributed by atoms with E-state index in [9.17, 15) is 4.79 Å². The van der Waals surface area contributed by atoms with Gasteiger partial charge >= 0.3 is 0 Å². The Balaban J connectivity index is 2.23. The van der Waals surface area contributed by atoms with Gasteiger partial charge in [-0.3, -0.25) is 4.79 Å². The summed E-state index contributed by atoms with van der Waals surface area (Å²) in [5.41, 5.74) is 6.46. The predicted molar refractivity (Wildman–Crippen MR) is 83.7 cm³/mol. The van der Waals surface area contributed by atoms with E-state index in [1.54, 1.807) is 0 Å². The van der Waals surface area contributed by atoms with E-state index in [0.717, 1.165) is 17.2 Å². The van der Waals surface area contributed by atoms with Crippen LogP contribution in [0.2, 0.25) is 0 Å². The van der Waals surface area contributed by atoms with Crippen molar-refractivity contribution in [1.82, 2.24) is 5.32 Å². The summed E-state index contributed by atoms with van der Waals surface area (Å²) in [7, 11) is 0. The molecule has 1 unspecified atom stereocenters. The lowest BCUT2D eigenvalue weighted by Crippen LogP contribution is -2.41. The lowest BCUT2D eigenvalue weighted by atomic mass is 10.0. The van der Waals surface area contributed by atoms with Crippen molar-refractivity contribution in [2.24, 2.45) is 11.7 Å². The van der Waals surface area contributed by atoms with E-state index in [1.165, 1.54) is 0 Å². The zero-order valence-electron chi connectivity index (χ0n) is 12.1. The molecule has 0 aromatic heterocycles. The molecule has 0 spiro atoms. The van der Waals surface area contributed by atoms with Crippen LogP contribution in [-0.4, -0.2) is 18.5 Å². The molecule has 0 bridgehead atoms. The highest BCUT2D eigenvalue weighted by Crippen LogP contribution is 2.18. The maximum absolute atomic E-state index is 12.4. The monoisotopic (exact) mass is 270 g/mol. The maximum atomic E-state index is 12.4. The Kier molecular flexibility index (Phi) is 4.74. The molecule has 3 heteroatoms. The molecule has 2 rings (SSSR count). The maximum Gasteiger partial charge on any atom is 0.252 e. The first kappa shape index (κ1) is 14.5. The highest BCUT2D eigenvalue weighted by Gasteiger charge is 2.15. The van der Waals surface area contributed by atoms with E-state index in [4.69, 9.17) is 5.73 Å². The number of benzene rings is 2. The van der Waals surface area contributed by atoms with Crippen LogP contribution in [0.4, 0.5) is 0 Å². The van der Waals surface area contributed by atoms with Crippen LogP contribution in [0.3, 0.4) is 0 Å². The van der Waals surface area contributed by atoms with Crippen molar-refractivity contribution in [2.45, 2.75) is 26.3 Å². The number of hydrogen-bond donors (Lipinski definition) is 2. The molecule has 20 heavy (non-hydrogen) atoms. The molecule has 1 atom stereocenters. The molecule has 0 radical (unpaired) electrons. The number of carbonyl (C=O) groups excluding carboxylic acids is 1. The van der Waals surface area contributed by atoms with Gasteiger partial charge in [-0.25, -0.2) is 0 Å². The number of carbonyl (C=O) groups is 1. The number of nitrogens with two attached hydrogens (primary N) is 1. The van der Waals surface area contributed by atoms with Crippen molar-refractivity contribution in [2.75, 3.05) is 6.54 Å². The quantitative estimate of drug-likeness (QED) is 0.877. The van der Waals surface area contributed by atoms with E-state index in [2.05, 4.69) is 19.2 Å². The Morgan fingerprint density at radius 1 is 1.15 bits per heavy atom. The Morgan fingerprint density at radius 3 is 2.55 bits per heavy atom. The third-order valence-corrected chi connectivity index (χ3v) is 3.41. The molecule has 0 fully saturated rings. The fourth-order valence-corrected chi connectivity index (χ4v) is 2.47. The number of hydrogen-bond acceptors (Lipinski definition) is 2. The van der Waals surface area contributed by atoms with Gasteiger partial charge < -0.3 is 11.1 Å². The second kappa shape index (κ2) is 6.53. The first-order valence-electron chi connectivity index (χ1n) is 7.10. The molecular formula is C17H22N2O. The molecule has 2 aromatic rings. The Bertz CT molecular complexity index is 587. The molecule has 0 aliphatic carbocycles. The summed E-state index contributed by atoms with van der Waals surface area (Å²) in [6.45, 7) is 4.73. The van der Waals surface area contributed by atoms with Crippen LogP contribution in [0.25, 0.3) is 10.8 Å². The molecule has 3 nitrogen and oxygen atoms in total. The average Bonchev–Trinajstić information content (AvgIpc) is 2.45. The summed E-state index contributed by atoms with van der Waals surface area (Å²) in [6.07, 6.45) is 0.896. The predicted octanol–water partition coefficient (Wildman–Crippen LogP) is 2.94. The third-order valence-electron chi connectivity index (χ3n) is 3.41. The average molecular weight is 270 g/mol. The van der Waals surface area contributed by atoms with E-state index in [-0.39, 0.29) is 11.9 Å². The molecule has 0 saturated carbocycles. The van der Waals surface area contributed by atoms with Gasteiger partial charge in [0.05, 0.1) is 0 Å². The van der Waals surface area contributed by atoms with Crippen molar-refractivity contribution >= 4 is 16.7 Å². The molecule has 1 amide bonds. The molecule has 0 heterocycles. The number of rotatable bonds is 5. The van der Waals surface area contributed by atoms with Crippen LogP contribution < -0.4 is 11.1 Å². The van der Waals surface area contributed by atoms with E-state index < -0.39 is 0 Å². The van der Waals surface area contributed by atoms with Gasteiger partial charge in [-0.2, -0.15) is 0 Å². The molecule has 0 aliphatic rings. The fraction of sp³-hybridized carbons (Fsp3) is 0.353. The zero-order chi connectivity index (χ0) is 14.5. The van der Waals surface area contributed by atoms with Crippen LogP contribution in [-0.2, 0) is 0 Å². The minimum absolute atomic E-state index is 0.0291. The number of fused-ring (bicyclic) bond motifs is 1. The molecule has 3 N–H and O–H groups in total. The van der Waals surface area contributed by atoms with Crippen LogP contribution in [0.5, 0.6) is 0 Å². The smallest absolute Gasteiger partial charge is 0.252 e. The molecule has 106 valence electrons. The normalized spacial score (nSPS) is 12.6. The minimum atomic E-state index is -0.0436. The summed E-state index contributed by atoms with van der Waals surface area (Å²) in [5, 5.41) is 5.10. The van der Waals surface area contributed by atoms with Crippen molar-refractivity contribution < 1.29 is 4.79 Å². The SMILES string of the molecule is CC(C)CC(CN)NC(=O)c1cccc2ccccc12. The van der Waals surface area contributed by atoms with Gasteiger partial charge in [-0.05, 0) is 29.2 Å². The van der Waals surface area contributed by atoms with Gasteiger partial charge in [0.25, 0.3) is 5.91 Å². The van der Waals surface area contributed by atoms with Gasteiger partial charge in [0.2, 0.25) is 0 Å². The highest BCUT2D eigenvalue weighted by molar-refractivity contribution is 6.07. The summed E-state index contributed by atoms with van der Waals surface area (Å²) >= 11 is 0. The van der Waals surface area contributed by atoms with Crippen LogP contribution >= 0.6 is 0 Å². The van der Waals surface area contributed by atoms with Gasteiger partial charge in [-0.15, -0.1) is 0 Å². The standard InChI is InChI=1S/C17H22N2O/c1-12(2)10-14(11-18)19-17(20)16-9-5-7-13-6-3-4-8-15(13)16/h3-9,12,14H,10-11,18H2,1-2H3,(H,19,20). The number of nitrogens with one attached hydrogen (secondary N) is 1. The van der Waals surface area contributed by atoms with Crippen molar-refractivity contribution in [3.63, 3.8) is 0 Å². The van der Waals surface area contributed by atoms with E-state index >= 15 is 0 Å². The fourth-order valence-electron chi connectivity index (χ4n) is 2.47. The molecule has 0 saturated heterocycles. The largest absolute Gasteiger partial charge is 0.348 e. The van der Waals surface area contributed by atoms with Crippen LogP contribution in [0.1, 0.15) is 30.6 Å². The second-order valence-electron chi connectivity index (χ2n) is 5.56. The first-order valence-corrected chi connectivity index (χ1v) is 7.10.